The third-order valence-electron chi connectivity index (χ3n) is 2.81. The Hall–Kier alpha value is -2.62. The zero-order valence-electron chi connectivity index (χ0n) is 10.4. The molecule has 0 saturated carbocycles. The Kier molecular flexibility index (Phi) is 2.76. The smallest absolute Gasteiger partial charge is 0.308 e. The molecule has 2 aromatic heterocycles. The number of esters is 1. The molecule has 0 bridgehead atoms. The van der Waals surface area contributed by atoms with E-state index in [-0.39, 0.29) is 5.97 Å². The fraction of sp³-hybridized carbons (Fsp3) is 0.0667. The monoisotopic (exact) mass is 252 g/mol. The van der Waals surface area contributed by atoms with E-state index in [4.69, 9.17) is 4.74 Å². The number of carbonyl (C=O) groups excluding carboxylic acids is 1. The molecule has 0 atom stereocenters. The van der Waals surface area contributed by atoms with E-state index in [0.29, 0.717) is 5.75 Å². The summed E-state index contributed by atoms with van der Waals surface area (Å²) in [5, 5.41) is 0. The van der Waals surface area contributed by atoms with Crippen LogP contribution >= 0.6 is 0 Å². The fourth-order valence-electron chi connectivity index (χ4n) is 2.00. The van der Waals surface area contributed by atoms with Gasteiger partial charge in [0.1, 0.15) is 11.6 Å². The van der Waals surface area contributed by atoms with Gasteiger partial charge in [-0.1, -0.05) is 6.07 Å². The summed E-state index contributed by atoms with van der Waals surface area (Å²) >= 11 is 0. The molecule has 19 heavy (non-hydrogen) atoms. The number of hydrogen-bond acceptors (Lipinski definition) is 3. The minimum absolute atomic E-state index is 0.320. The Labute approximate surface area is 110 Å². The number of imidazole rings is 1. The molecule has 0 N–H and O–H groups in total. The van der Waals surface area contributed by atoms with E-state index < -0.39 is 0 Å². The Morgan fingerprint density at radius 1 is 1.16 bits per heavy atom. The first-order valence-corrected chi connectivity index (χ1v) is 5.95. The van der Waals surface area contributed by atoms with Crippen LogP contribution < -0.4 is 4.74 Å². The van der Waals surface area contributed by atoms with Gasteiger partial charge in [-0.25, -0.2) is 4.98 Å². The van der Waals surface area contributed by atoms with Crippen LogP contribution in [-0.2, 0) is 4.79 Å². The zero-order chi connectivity index (χ0) is 13.2. The van der Waals surface area contributed by atoms with Crippen molar-refractivity contribution in [1.82, 2.24) is 9.38 Å². The topological polar surface area (TPSA) is 43.6 Å². The molecule has 0 spiro atoms. The quantitative estimate of drug-likeness (QED) is 0.520. The lowest BCUT2D eigenvalue weighted by molar-refractivity contribution is -0.131. The van der Waals surface area contributed by atoms with Gasteiger partial charge in [-0.05, 0) is 36.4 Å². The van der Waals surface area contributed by atoms with Gasteiger partial charge < -0.3 is 4.74 Å². The highest BCUT2D eigenvalue weighted by Gasteiger charge is 2.06. The molecule has 0 saturated heterocycles. The van der Waals surface area contributed by atoms with Crippen molar-refractivity contribution >= 4 is 11.5 Å². The van der Waals surface area contributed by atoms with Crippen LogP contribution in [0.2, 0.25) is 0 Å². The predicted octanol–water partition coefficient (Wildman–Crippen LogP) is 2.93. The summed E-state index contributed by atoms with van der Waals surface area (Å²) in [6.45, 7) is 1.38. The summed E-state index contributed by atoms with van der Waals surface area (Å²) in [5.41, 5.74) is 2.02. The molecular weight excluding hydrogens is 240 g/mol. The van der Waals surface area contributed by atoms with Gasteiger partial charge in [0.15, 0.2) is 0 Å². The Morgan fingerprint density at radius 2 is 1.95 bits per heavy atom. The number of aromatic nitrogens is 2. The third kappa shape index (κ3) is 2.20. The van der Waals surface area contributed by atoms with Crippen LogP contribution in [0.5, 0.6) is 5.75 Å². The number of hydrogen-bond donors (Lipinski definition) is 0. The second-order valence-electron chi connectivity index (χ2n) is 4.20. The van der Waals surface area contributed by atoms with Crippen molar-refractivity contribution in [2.75, 3.05) is 0 Å². The minimum Gasteiger partial charge on any atom is -0.427 e. The van der Waals surface area contributed by atoms with Crippen LogP contribution in [0.1, 0.15) is 6.92 Å². The lowest BCUT2D eigenvalue weighted by atomic mass is 10.2. The van der Waals surface area contributed by atoms with Crippen LogP contribution in [0.15, 0.2) is 54.9 Å². The molecule has 0 aliphatic carbocycles. The van der Waals surface area contributed by atoms with Crippen LogP contribution in [0, 0.1) is 0 Å². The van der Waals surface area contributed by atoms with Gasteiger partial charge in [-0.15, -0.1) is 0 Å². The maximum Gasteiger partial charge on any atom is 0.308 e. The largest absolute Gasteiger partial charge is 0.427 e. The number of rotatable bonds is 2. The zero-order valence-corrected chi connectivity index (χ0v) is 10.4. The number of pyridine rings is 1. The first-order chi connectivity index (χ1) is 9.24. The predicted molar refractivity (Wildman–Crippen MR) is 71.9 cm³/mol. The van der Waals surface area contributed by atoms with Gasteiger partial charge in [0.2, 0.25) is 0 Å². The van der Waals surface area contributed by atoms with Gasteiger partial charge in [-0.2, -0.15) is 0 Å². The van der Waals surface area contributed by atoms with E-state index in [9.17, 15) is 4.79 Å². The normalized spacial score (nSPS) is 10.6. The number of carbonyl (C=O) groups is 1. The minimum atomic E-state index is -0.320. The summed E-state index contributed by atoms with van der Waals surface area (Å²) in [6.07, 6.45) is 3.80. The Balaban J connectivity index is 2.00. The highest BCUT2D eigenvalue weighted by Crippen LogP contribution is 2.22. The molecule has 1 aromatic carbocycles. The van der Waals surface area contributed by atoms with Gasteiger partial charge in [0.25, 0.3) is 0 Å². The van der Waals surface area contributed by atoms with Crippen molar-refractivity contribution in [1.29, 1.82) is 0 Å². The van der Waals surface area contributed by atoms with Crippen molar-refractivity contribution < 1.29 is 9.53 Å². The maximum atomic E-state index is 10.9. The molecule has 3 rings (SSSR count). The molecule has 0 radical (unpaired) electrons. The summed E-state index contributed by atoms with van der Waals surface area (Å²) in [5.74, 6) is 1.08. The van der Waals surface area contributed by atoms with E-state index in [1.165, 1.54) is 6.92 Å². The number of ether oxygens (including phenoxy) is 1. The molecule has 2 heterocycles. The number of benzene rings is 1. The number of nitrogens with zero attached hydrogens (tertiary/aromatic N) is 2. The van der Waals surface area contributed by atoms with E-state index in [0.717, 1.165) is 16.9 Å². The first kappa shape index (κ1) is 11.5. The Bertz CT molecular complexity index is 729. The van der Waals surface area contributed by atoms with E-state index in [1.807, 2.05) is 47.1 Å². The molecule has 0 aliphatic rings. The molecule has 4 heteroatoms. The van der Waals surface area contributed by atoms with Gasteiger partial charge in [-0.3, -0.25) is 9.20 Å². The van der Waals surface area contributed by atoms with E-state index in [1.54, 1.807) is 12.1 Å². The van der Waals surface area contributed by atoms with Crippen molar-refractivity contribution in [3.05, 3.63) is 54.9 Å². The second kappa shape index (κ2) is 4.57. The molecule has 94 valence electrons. The first-order valence-electron chi connectivity index (χ1n) is 5.95. The maximum absolute atomic E-state index is 10.9. The molecule has 4 nitrogen and oxygen atoms in total. The summed E-state index contributed by atoms with van der Waals surface area (Å²) in [4.78, 5) is 15.3. The molecule has 0 unspecified atom stereocenters. The average molecular weight is 252 g/mol. The fourth-order valence-corrected chi connectivity index (χ4v) is 2.00. The van der Waals surface area contributed by atoms with Crippen LogP contribution in [0.25, 0.3) is 16.9 Å². The third-order valence-corrected chi connectivity index (χ3v) is 2.81. The van der Waals surface area contributed by atoms with E-state index >= 15 is 0 Å². The summed E-state index contributed by atoms with van der Waals surface area (Å²) < 4.78 is 7.02. The molecule has 3 aromatic rings. The van der Waals surface area contributed by atoms with Crippen molar-refractivity contribution in [3.63, 3.8) is 0 Å². The lowest BCUT2D eigenvalue weighted by Gasteiger charge is -2.03. The molecular formula is C15H12N2O2. The van der Waals surface area contributed by atoms with E-state index in [2.05, 4.69) is 4.98 Å². The van der Waals surface area contributed by atoms with Gasteiger partial charge in [0.05, 0.1) is 11.7 Å². The average Bonchev–Trinajstić information content (AvgIpc) is 2.83. The second-order valence-corrected chi connectivity index (χ2v) is 4.20. The molecule has 0 fully saturated rings. The van der Waals surface area contributed by atoms with Crippen molar-refractivity contribution in [3.8, 4) is 17.1 Å². The number of fused-ring (bicyclic) bond motifs is 1. The standard InChI is InChI=1S/C15H12N2O2/c1-11(18)19-14-7-5-12(6-8-14)15-16-10-13-4-2-3-9-17(13)15/h2-10H,1H3. The Morgan fingerprint density at radius 3 is 2.68 bits per heavy atom. The van der Waals surface area contributed by atoms with Gasteiger partial charge >= 0.3 is 5.97 Å². The van der Waals surface area contributed by atoms with Crippen molar-refractivity contribution in [2.45, 2.75) is 6.92 Å². The van der Waals surface area contributed by atoms with Crippen molar-refractivity contribution in [2.24, 2.45) is 0 Å². The lowest BCUT2D eigenvalue weighted by Crippen LogP contribution is -2.00. The SMILES string of the molecule is CC(=O)Oc1ccc(-c2ncc3ccccn23)cc1. The summed E-state index contributed by atoms with van der Waals surface area (Å²) in [6, 6.07) is 13.3. The van der Waals surface area contributed by atoms with Gasteiger partial charge in [0, 0.05) is 18.7 Å². The van der Waals surface area contributed by atoms with Crippen LogP contribution in [0.3, 0.4) is 0 Å². The highest BCUT2D eigenvalue weighted by molar-refractivity contribution is 5.70. The molecule has 0 aliphatic heterocycles. The summed E-state index contributed by atoms with van der Waals surface area (Å²) in [7, 11) is 0. The highest BCUT2D eigenvalue weighted by atomic mass is 16.5. The molecule has 0 amide bonds. The van der Waals surface area contributed by atoms with Crippen LogP contribution in [-0.4, -0.2) is 15.4 Å². The van der Waals surface area contributed by atoms with Crippen LogP contribution in [0.4, 0.5) is 0 Å².